The molecular weight excluding hydrogens is 500 g/mol. The molecule has 0 aliphatic carbocycles. The molecule has 0 fully saturated rings. The number of aryl methyl sites for hydroxylation is 2. The number of rotatable bonds is 11. The quantitative estimate of drug-likeness (QED) is 0.471. The molecule has 0 radical (unpaired) electrons. The highest BCUT2D eigenvalue weighted by Gasteiger charge is 2.33. The molecule has 0 heterocycles. The van der Waals surface area contributed by atoms with Gasteiger partial charge in [0.05, 0.1) is 5.69 Å². The lowest BCUT2D eigenvalue weighted by Gasteiger charge is -2.33. The summed E-state index contributed by atoms with van der Waals surface area (Å²) in [5.74, 6) is -0.802. The molecule has 198 valence electrons. The van der Waals surface area contributed by atoms with E-state index in [0.29, 0.717) is 16.3 Å². The summed E-state index contributed by atoms with van der Waals surface area (Å²) in [6, 6.07) is 11.5. The molecule has 0 aliphatic rings. The van der Waals surface area contributed by atoms with Gasteiger partial charge in [-0.2, -0.15) is 12.7 Å². The third kappa shape index (κ3) is 7.44. The van der Waals surface area contributed by atoms with Crippen LogP contribution in [0, 0.1) is 13.8 Å². The molecule has 10 heteroatoms. The number of hydrogen-bond donors (Lipinski definition) is 1. The minimum atomic E-state index is -4.01. The predicted octanol–water partition coefficient (Wildman–Crippen LogP) is 3.90. The van der Waals surface area contributed by atoms with E-state index in [0.717, 1.165) is 26.2 Å². The first-order valence-corrected chi connectivity index (χ1v) is 13.7. The molecule has 0 unspecified atom stereocenters. The number of carbonyl (C=O) groups excluding carboxylic acids is 2. The Balaban J connectivity index is 2.49. The minimum Gasteiger partial charge on any atom is -0.352 e. The number of anilines is 1. The van der Waals surface area contributed by atoms with E-state index in [4.69, 9.17) is 11.6 Å². The fourth-order valence-corrected chi connectivity index (χ4v) is 4.76. The Hall–Kier alpha value is -2.62. The van der Waals surface area contributed by atoms with Crippen molar-refractivity contribution in [1.82, 2.24) is 14.5 Å². The summed E-state index contributed by atoms with van der Waals surface area (Å²) in [5, 5.41) is 3.47. The molecule has 2 amide bonds. The Morgan fingerprint density at radius 2 is 1.64 bits per heavy atom. The number of benzene rings is 2. The van der Waals surface area contributed by atoms with Crippen LogP contribution in [-0.4, -0.2) is 62.2 Å². The van der Waals surface area contributed by atoms with Gasteiger partial charge in [0.2, 0.25) is 11.8 Å². The molecule has 1 N–H and O–H groups in total. The van der Waals surface area contributed by atoms with Crippen molar-refractivity contribution in [1.29, 1.82) is 0 Å². The largest absolute Gasteiger partial charge is 0.352 e. The monoisotopic (exact) mass is 536 g/mol. The van der Waals surface area contributed by atoms with Crippen LogP contribution in [0.4, 0.5) is 5.69 Å². The van der Waals surface area contributed by atoms with Gasteiger partial charge in [-0.05, 0) is 69.0 Å². The molecule has 0 spiro atoms. The van der Waals surface area contributed by atoms with E-state index in [1.165, 1.54) is 19.0 Å². The third-order valence-corrected chi connectivity index (χ3v) is 8.14. The molecular formula is C26H37ClN4O4S. The maximum Gasteiger partial charge on any atom is 0.304 e. The van der Waals surface area contributed by atoms with Crippen LogP contribution >= 0.6 is 11.6 Å². The first kappa shape index (κ1) is 29.6. The first-order chi connectivity index (χ1) is 16.8. The van der Waals surface area contributed by atoms with Crippen molar-refractivity contribution in [2.24, 2.45) is 0 Å². The van der Waals surface area contributed by atoms with E-state index >= 15 is 0 Å². The second-order valence-corrected chi connectivity index (χ2v) is 11.7. The van der Waals surface area contributed by atoms with Crippen LogP contribution in [0.5, 0.6) is 0 Å². The topological polar surface area (TPSA) is 90.0 Å². The van der Waals surface area contributed by atoms with Crippen molar-refractivity contribution in [3.63, 3.8) is 0 Å². The summed E-state index contributed by atoms with van der Waals surface area (Å²) in [5.41, 5.74) is 2.76. The van der Waals surface area contributed by atoms with Gasteiger partial charge in [0, 0.05) is 31.7 Å². The third-order valence-electron chi connectivity index (χ3n) is 6.09. The Kier molecular flexibility index (Phi) is 10.3. The Bertz CT molecular complexity index is 1170. The van der Waals surface area contributed by atoms with Crippen LogP contribution in [0.15, 0.2) is 42.5 Å². The van der Waals surface area contributed by atoms with E-state index in [1.54, 1.807) is 44.2 Å². The van der Waals surface area contributed by atoms with Crippen molar-refractivity contribution in [2.75, 3.05) is 24.9 Å². The number of carbonyl (C=O) groups is 2. The Morgan fingerprint density at radius 1 is 1.03 bits per heavy atom. The smallest absolute Gasteiger partial charge is 0.304 e. The lowest BCUT2D eigenvalue weighted by atomic mass is 10.1. The van der Waals surface area contributed by atoms with Crippen LogP contribution in [-0.2, 0) is 26.3 Å². The highest BCUT2D eigenvalue weighted by molar-refractivity contribution is 7.90. The van der Waals surface area contributed by atoms with Gasteiger partial charge in [-0.3, -0.25) is 9.59 Å². The Morgan fingerprint density at radius 3 is 2.19 bits per heavy atom. The van der Waals surface area contributed by atoms with Gasteiger partial charge in [0.1, 0.15) is 12.6 Å². The summed E-state index contributed by atoms with van der Waals surface area (Å²) in [6.07, 6.45) is 0.741. The lowest BCUT2D eigenvalue weighted by Crippen LogP contribution is -2.53. The van der Waals surface area contributed by atoms with E-state index < -0.39 is 28.7 Å². The highest BCUT2D eigenvalue weighted by atomic mass is 35.5. The van der Waals surface area contributed by atoms with Gasteiger partial charge < -0.3 is 10.2 Å². The second kappa shape index (κ2) is 12.6. The predicted molar refractivity (Wildman–Crippen MR) is 145 cm³/mol. The highest BCUT2D eigenvalue weighted by Crippen LogP contribution is 2.26. The normalized spacial score (nSPS) is 13.2. The second-order valence-electron chi connectivity index (χ2n) is 9.23. The molecule has 36 heavy (non-hydrogen) atoms. The molecule has 0 aliphatic heterocycles. The standard InChI is InChI=1S/C26H37ClN4O4S/c1-8-20(4)28-26(33)21(5)30(16-22-11-13-23(27)14-12-22)25(32)17-31(36(34,35)29(6)7)24-15-18(2)9-10-19(24)3/h9-15,20-21H,8,16-17H2,1-7H3,(H,28,33)/t20-,21-/m1/s1. The summed E-state index contributed by atoms with van der Waals surface area (Å²) < 4.78 is 28.8. The van der Waals surface area contributed by atoms with E-state index in [9.17, 15) is 18.0 Å². The number of nitrogens with zero attached hydrogens (tertiary/aromatic N) is 3. The SMILES string of the molecule is CC[C@@H](C)NC(=O)[C@@H](C)N(Cc1ccc(Cl)cc1)C(=O)CN(c1cc(C)ccc1C)S(=O)(=O)N(C)C. The number of halogens is 1. The van der Waals surface area contributed by atoms with Crippen molar-refractivity contribution >= 4 is 39.3 Å². The van der Waals surface area contributed by atoms with Crippen LogP contribution in [0.1, 0.15) is 43.9 Å². The van der Waals surface area contributed by atoms with Crippen molar-refractivity contribution in [3.8, 4) is 0 Å². The number of amides is 2. The van der Waals surface area contributed by atoms with Crippen LogP contribution < -0.4 is 9.62 Å². The van der Waals surface area contributed by atoms with Crippen LogP contribution in [0.3, 0.4) is 0 Å². The zero-order chi connectivity index (χ0) is 27.2. The molecule has 2 aromatic carbocycles. The number of hydrogen-bond acceptors (Lipinski definition) is 4. The molecule has 2 rings (SSSR count). The molecule has 0 saturated carbocycles. The van der Waals surface area contributed by atoms with Crippen LogP contribution in [0.25, 0.3) is 0 Å². The average Bonchev–Trinajstić information content (AvgIpc) is 2.82. The van der Waals surface area contributed by atoms with Gasteiger partial charge in [-0.1, -0.05) is 42.8 Å². The number of nitrogens with one attached hydrogen (secondary N) is 1. The molecule has 0 aromatic heterocycles. The molecule has 0 bridgehead atoms. The lowest BCUT2D eigenvalue weighted by molar-refractivity contribution is -0.139. The molecule has 0 saturated heterocycles. The average molecular weight is 537 g/mol. The van der Waals surface area contributed by atoms with Crippen molar-refractivity contribution < 1.29 is 18.0 Å². The maximum atomic E-state index is 13.8. The van der Waals surface area contributed by atoms with Gasteiger partial charge in [-0.25, -0.2) is 4.31 Å². The molecule has 2 aromatic rings. The maximum absolute atomic E-state index is 13.8. The van der Waals surface area contributed by atoms with E-state index in [-0.39, 0.29) is 18.5 Å². The van der Waals surface area contributed by atoms with Crippen molar-refractivity contribution in [3.05, 3.63) is 64.2 Å². The van der Waals surface area contributed by atoms with Crippen molar-refractivity contribution in [2.45, 2.75) is 59.7 Å². The summed E-state index contributed by atoms with van der Waals surface area (Å²) >= 11 is 6.02. The summed E-state index contributed by atoms with van der Waals surface area (Å²) in [4.78, 5) is 28.2. The van der Waals surface area contributed by atoms with Gasteiger partial charge in [-0.15, -0.1) is 0 Å². The first-order valence-electron chi connectivity index (χ1n) is 11.9. The molecule has 8 nitrogen and oxygen atoms in total. The fourth-order valence-electron chi connectivity index (χ4n) is 3.52. The zero-order valence-corrected chi connectivity index (χ0v) is 23.7. The molecule has 2 atom stereocenters. The van der Waals surface area contributed by atoms with E-state index in [1.807, 2.05) is 32.9 Å². The summed E-state index contributed by atoms with van der Waals surface area (Å²) in [6.45, 7) is 8.81. The van der Waals surface area contributed by atoms with Gasteiger partial charge in [0.15, 0.2) is 0 Å². The van der Waals surface area contributed by atoms with E-state index in [2.05, 4.69) is 5.32 Å². The minimum absolute atomic E-state index is 0.0620. The van der Waals surface area contributed by atoms with Gasteiger partial charge in [0.25, 0.3) is 0 Å². The Labute approximate surface area is 220 Å². The zero-order valence-electron chi connectivity index (χ0n) is 22.1. The summed E-state index contributed by atoms with van der Waals surface area (Å²) in [7, 11) is -1.16. The van der Waals surface area contributed by atoms with Crippen LogP contribution in [0.2, 0.25) is 5.02 Å². The van der Waals surface area contributed by atoms with Gasteiger partial charge >= 0.3 is 10.2 Å². The fraction of sp³-hybridized carbons (Fsp3) is 0.462.